The number of furan rings is 1. The highest BCUT2D eigenvalue weighted by atomic mass is 16.3. The minimum atomic E-state index is -0.162. The molecule has 0 saturated heterocycles. The number of anilines is 1. The van der Waals surface area contributed by atoms with E-state index in [4.69, 9.17) is 4.42 Å². The second-order valence-electron chi connectivity index (χ2n) is 7.21. The van der Waals surface area contributed by atoms with Crippen LogP contribution < -0.4 is 5.32 Å². The first kappa shape index (κ1) is 17.5. The highest BCUT2D eigenvalue weighted by molar-refractivity contribution is 6.05. The van der Waals surface area contributed by atoms with Gasteiger partial charge in [0.25, 0.3) is 5.91 Å². The molecule has 6 heteroatoms. The summed E-state index contributed by atoms with van der Waals surface area (Å²) < 4.78 is 7.69. The summed E-state index contributed by atoms with van der Waals surface area (Å²) in [5.41, 5.74) is 3.31. The zero-order valence-electron chi connectivity index (χ0n) is 16.0. The zero-order chi connectivity index (χ0) is 19.0. The second kappa shape index (κ2) is 7.02. The van der Waals surface area contributed by atoms with Gasteiger partial charge in [-0.15, -0.1) is 10.2 Å². The van der Waals surface area contributed by atoms with Gasteiger partial charge in [-0.1, -0.05) is 18.6 Å². The molecule has 0 atom stereocenters. The van der Waals surface area contributed by atoms with Crippen LogP contribution in [0.3, 0.4) is 0 Å². The predicted molar refractivity (Wildman–Crippen MR) is 104 cm³/mol. The molecule has 6 nitrogen and oxygen atoms in total. The maximum Gasteiger partial charge on any atom is 0.259 e. The Bertz CT molecular complexity index is 1000. The van der Waals surface area contributed by atoms with E-state index in [0.717, 1.165) is 60.0 Å². The Labute approximate surface area is 158 Å². The summed E-state index contributed by atoms with van der Waals surface area (Å²) in [5, 5.41) is 11.8. The molecule has 3 heterocycles. The fourth-order valence-electron chi connectivity index (χ4n) is 3.64. The summed E-state index contributed by atoms with van der Waals surface area (Å²) >= 11 is 0. The smallest absolute Gasteiger partial charge is 0.259 e. The minimum Gasteiger partial charge on any atom is -0.466 e. The first-order chi connectivity index (χ1) is 13.0. The molecule has 0 radical (unpaired) electrons. The highest BCUT2D eigenvalue weighted by Crippen LogP contribution is 2.27. The number of benzene rings is 1. The first-order valence-corrected chi connectivity index (χ1v) is 9.44. The van der Waals surface area contributed by atoms with Crippen molar-refractivity contribution in [1.29, 1.82) is 0 Å². The fourth-order valence-corrected chi connectivity index (χ4v) is 3.64. The van der Waals surface area contributed by atoms with Crippen LogP contribution in [-0.4, -0.2) is 20.7 Å². The number of carbonyl (C=O) groups excluding carboxylic acids is 1. The van der Waals surface area contributed by atoms with E-state index in [1.54, 1.807) is 13.0 Å². The van der Waals surface area contributed by atoms with Gasteiger partial charge in [0.15, 0.2) is 5.82 Å². The zero-order valence-corrected chi connectivity index (χ0v) is 16.0. The number of hydrogen-bond acceptors (Lipinski definition) is 4. The lowest BCUT2D eigenvalue weighted by Gasteiger charge is -2.11. The number of aromatic nitrogens is 3. The Morgan fingerprint density at radius 1 is 1.11 bits per heavy atom. The molecule has 0 fully saturated rings. The standard InChI is InChI=1S/C21H24N4O2/c1-13-8-9-16(20-24-23-19-7-5-4-6-10-25(19)20)12-18(13)22-21(26)17-11-14(2)27-15(17)3/h8-9,11-12H,4-7,10H2,1-3H3,(H,22,26). The van der Waals surface area contributed by atoms with Gasteiger partial charge in [0.2, 0.25) is 0 Å². The molecule has 27 heavy (non-hydrogen) atoms. The molecule has 1 aromatic carbocycles. The van der Waals surface area contributed by atoms with E-state index in [2.05, 4.69) is 20.1 Å². The van der Waals surface area contributed by atoms with E-state index in [0.29, 0.717) is 11.3 Å². The van der Waals surface area contributed by atoms with Crippen LogP contribution in [0.5, 0.6) is 0 Å². The van der Waals surface area contributed by atoms with Crippen molar-refractivity contribution in [1.82, 2.24) is 14.8 Å². The van der Waals surface area contributed by atoms with Crippen molar-refractivity contribution in [2.24, 2.45) is 0 Å². The van der Waals surface area contributed by atoms with Gasteiger partial charge in [0, 0.05) is 24.2 Å². The number of hydrogen-bond donors (Lipinski definition) is 1. The summed E-state index contributed by atoms with van der Waals surface area (Å²) in [6.07, 6.45) is 4.51. The second-order valence-corrected chi connectivity index (χ2v) is 7.21. The molecule has 3 aromatic rings. The summed E-state index contributed by atoms with van der Waals surface area (Å²) in [7, 11) is 0. The third kappa shape index (κ3) is 3.39. The van der Waals surface area contributed by atoms with E-state index in [1.165, 1.54) is 6.42 Å². The van der Waals surface area contributed by atoms with Crippen LogP contribution in [-0.2, 0) is 13.0 Å². The topological polar surface area (TPSA) is 73.0 Å². The molecule has 1 aliphatic heterocycles. The average Bonchev–Trinajstić information content (AvgIpc) is 3.10. The van der Waals surface area contributed by atoms with Gasteiger partial charge in [-0.25, -0.2) is 0 Å². The van der Waals surface area contributed by atoms with Crippen molar-refractivity contribution in [2.75, 3.05) is 5.32 Å². The number of aryl methyl sites for hydroxylation is 4. The van der Waals surface area contributed by atoms with Crippen molar-refractivity contribution in [2.45, 2.75) is 53.0 Å². The van der Waals surface area contributed by atoms with Crippen LogP contribution in [0.15, 0.2) is 28.7 Å². The Morgan fingerprint density at radius 3 is 2.74 bits per heavy atom. The molecule has 0 spiro atoms. The maximum absolute atomic E-state index is 12.7. The van der Waals surface area contributed by atoms with Crippen LogP contribution in [0.2, 0.25) is 0 Å². The molecule has 0 aliphatic carbocycles. The molecular weight excluding hydrogens is 340 g/mol. The number of nitrogens with zero attached hydrogens (tertiary/aromatic N) is 3. The molecule has 1 N–H and O–H groups in total. The monoisotopic (exact) mass is 364 g/mol. The quantitative estimate of drug-likeness (QED) is 0.745. The van der Waals surface area contributed by atoms with E-state index in [1.807, 2.05) is 32.0 Å². The van der Waals surface area contributed by atoms with Gasteiger partial charge in [-0.2, -0.15) is 0 Å². The number of rotatable bonds is 3. The van der Waals surface area contributed by atoms with Crippen molar-refractivity contribution in [3.63, 3.8) is 0 Å². The van der Waals surface area contributed by atoms with Crippen molar-refractivity contribution >= 4 is 11.6 Å². The highest BCUT2D eigenvalue weighted by Gasteiger charge is 2.18. The molecular formula is C21H24N4O2. The van der Waals surface area contributed by atoms with Gasteiger partial charge in [0.1, 0.15) is 17.3 Å². The maximum atomic E-state index is 12.7. The van der Waals surface area contributed by atoms with Crippen molar-refractivity contribution in [3.8, 4) is 11.4 Å². The van der Waals surface area contributed by atoms with Crippen LogP contribution in [0.4, 0.5) is 5.69 Å². The fraction of sp³-hybridized carbons (Fsp3) is 0.381. The lowest BCUT2D eigenvalue weighted by atomic mass is 10.1. The van der Waals surface area contributed by atoms with Gasteiger partial charge in [-0.3, -0.25) is 4.79 Å². The first-order valence-electron chi connectivity index (χ1n) is 9.44. The molecule has 0 unspecified atom stereocenters. The SMILES string of the molecule is Cc1cc(C(=O)Nc2cc(-c3nnc4n3CCCCC4)ccc2C)c(C)o1. The van der Waals surface area contributed by atoms with Crippen LogP contribution in [0.25, 0.3) is 11.4 Å². The summed E-state index contributed by atoms with van der Waals surface area (Å²) in [6.45, 7) is 6.57. The Morgan fingerprint density at radius 2 is 1.96 bits per heavy atom. The number of nitrogens with one attached hydrogen (secondary N) is 1. The lowest BCUT2D eigenvalue weighted by Crippen LogP contribution is -2.13. The van der Waals surface area contributed by atoms with Crippen LogP contribution >= 0.6 is 0 Å². The number of amides is 1. The Balaban J connectivity index is 1.65. The van der Waals surface area contributed by atoms with Crippen LogP contribution in [0.1, 0.15) is 52.5 Å². The summed E-state index contributed by atoms with van der Waals surface area (Å²) in [6, 6.07) is 7.80. The van der Waals surface area contributed by atoms with Gasteiger partial charge in [0.05, 0.1) is 5.56 Å². The number of fused-ring (bicyclic) bond motifs is 1. The van der Waals surface area contributed by atoms with E-state index < -0.39 is 0 Å². The Kier molecular flexibility index (Phi) is 4.56. The average molecular weight is 364 g/mol. The van der Waals surface area contributed by atoms with E-state index in [-0.39, 0.29) is 5.91 Å². The van der Waals surface area contributed by atoms with Gasteiger partial charge >= 0.3 is 0 Å². The normalized spacial score (nSPS) is 13.9. The molecule has 1 amide bonds. The van der Waals surface area contributed by atoms with Gasteiger partial charge in [-0.05, 0) is 51.3 Å². The van der Waals surface area contributed by atoms with E-state index in [9.17, 15) is 4.79 Å². The van der Waals surface area contributed by atoms with Crippen molar-refractivity contribution < 1.29 is 9.21 Å². The third-order valence-corrected chi connectivity index (χ3v) is 5.14. The largest absolute Gasteiger partial charge is 0.466 e. The Hall–Kier alpha value is -2.89. The minimum absolute atomic E-state index is 0.162. The molecule has 1 aliphatic rings. The van der Waals surface area contributed by atoms with Gasteiger partial charge < -0.3 is 14.3 Å². The van der Waals surface area contributed by atoms with Crippen LogP contribution in [0, 0.1) is 20.8 Å². The predicted octanol–water partition coefficient (Wildman–Crippen LogP) is 4.44. The third-order valence-electron chi connectivity index (χ3n) is 5.14. The summed E-state index contributed by atoms with van der Waals surface area (Å²) in [5.74, 6) is 3.12. The van der Waals surface area contributed by atoms with E-state index >= 15 is 0 Å². The lowest BCUT2D eigenvalue weighted by molar-refractivity contribution is 0.102. The molecule has 4 rings (SSSR count). The molecule has 140 valence electrons. The molecule has 2 aromatic heterocycles. The molecule has 0 bridgehead atoms. The molecule has 0 saturated carbocycles. The summed E-state index contributed by atoms with van der Waals surface area (Å²) in [4.78, 5) is 12.7. The number of carbonyl (C=O) groups is 1. The van der Waals surface area contributed by atoms with Crippen molar-refractivity contribution in [3.05, 3.63) is 52.7 Å².